The lowest BCUT2D eigenvalue weighted by atomic mass is 10.1. The summed E-state index contributed by atoms with van der Waals surface area (Å²) in [6.07, 6.45) is 5.86. The third kappa shape index (κ3) is 3.67. The normalized spacial score (nSPS) is 26.7. The first-order valence-corrected chi connectivity index (χ1v) is 5.75. The minimum absolute atomic E-state index is 0.161. The summed E-state index contributed by atoms with van der Waals surface area (Å²) in [5.74, 6) is 0.919. The van der Waals surface area contributed by atoms with Crippen molar-refractivity contribution in [2.75, 3.05) is 6.61 Å². The summed E-state index contributed by atoms with van der Waals surface area (Å²) in [5, 5.41) is 8.85. The van der Waals surface area contributed by atoms with Gasteiger partial charge in [0.05, 0.1) is 18.1 Å². The maximum absolute atomic E-state index is 8.85. The van der Waals surface area contributed by atoms with E-state index >= 15 is 0 Å². The van der Waals surface area contributed by atoms with Crippen molar-refractivity contribution >= 4 is 0 Å². The first-order chi connectivity index (χ1) is 6.74. The molecular formula is C12H21NO. The quantitative estimate of drug-likeness (QED) is 0.631. The Labute approximate surface area is 87.3 Å². The minimum Gasteiger partial charge on any atom is -0.377 e. The molecule has 0 spiro atoms. The zero-order valence-electron chi connectivity index (χ0n) is 9.33. The van der Waals surface area contributed by atoms with Crippen molar-refractivity contribution in [1.82, 2.24) is 0 Å². The molecule has 2 unspecified atom stereocenters. The summed E-state index contributed by atoms with van der Waals surface area (Å²) in [7, 11) is 0. The topological polar surface area (TPSA) is 33.0 Å². The SMILES string of the molecule is CC(C)CCCOC1CCCC1C#N. The summed E-state index contributed by atoms with van der Waals surface area (Å²) in [4.78, 5) is 0. The van der Waals surface area contributed by atoms with Crippen molar-refractivity contribution < 1.29 is 4.74 Å². The van der Waals surface area contributed by atoms with Gasteiger partial charge >= 0.3 is 0 Å². The van der Waals surface area contributed by atoms with E-state index in [4.69, 9.17) is 10.00 Å². The van der Waals surface area contributed by atoms with Crippen LogP contribution in [0.4, 0.5) is 0 Å². The van der Waals surface area contributed by atoms with Crippen molar-refractivity contribution in [3.63, 3.8) is 0 Å². The van der Waals surface area contributed by atoms with Crippen LogP contribution in [0.3, 0.4) is 0 Å². The summed E-state index contributed by atoms with van der Waals surface area (Å²) in [5.41, 5.74) is 0. The predicted molar refractivity (Wildman–Crippen MR) is 56.8 cm³/mol. The second kappa shape index (κ2) is 6.03. The number of hydrogen-bond donors (Lipinski definition) is 0. The second-order valence-electron chi connectivity index (χ2n) is 4.61. The van der Waals surface area contributed by atoms with Gasteiger partial charge in [-0.2, -0.15) is 5.26 Å². The van der Waals surface area contributed by atoms with Gasteiger partial charge in [0.1, 0.15) is 0 Å². The molecule has 0 bridgehead atoms. The molecule has 80 valence electrons. The molecule has 0 radical (unpaired) electrons. The molecule has 0 aromatic rings. The highest BCUT2D eigenvalue weighted by molar-refractivity contribution is 4.93. The Balaban J connectivity index is 2.09. The van der Waals surface area contributed by atoms with Gasteiger partial charge in [0, 0.05) is 6.61 Å². The Bertz CT molecular complexity index is 195. The van der Waals surface area contributed by atoms with Gasteiger partial charge in [0.25, 0.3) is 0 Å². The fourth-order valence-corrected chi connectivity index (χ4v) is 2.00. The standard InChI is InChI=1S/C12H21NO/c1-10(2)5-4-8-14-12-7-3-6-11(12)9-13/h10-12H,3-8H2,1-2H3. The lowest BCUT2D eigenvalue weighted by molar-refractivity contribution is 0.0379. The molecule has 2 heteroatoms. The molecule has 0 amide bonds. The number of nitrogens with zero attached hydrogens (tertiary/aromatic N) is 1. The summed E-state index contributed by atoms with van der Waals surface area (Å²) >= 11 is 0. The van der Waals surface area contributed by atoms with Crippen molar-refractivity contribution in [1.29, 1.82) is 5.26 Å². The van der Waals surface area contributed by atoms with Crippen molar-refractivity contribution in [3.05, 3.63) is 0 Å². The van der Waals surface area contributed by atoms with E-state index in [9.17, 15) is 0 Å². The smallest absolute Gasteiger partial charge is 0.0733 e. The molecule has 1 aliphatic carbocycles. The predicted octanol–water partition coefficient (Wildman–Crippen LogP) is 3.13. The molecule has 2 nitrogen and oxygen atoms in total. The van der Waals surface area contributed by atoms with Gasteiger partial charge in [-0.15, -0.1) is 0 Å². The maximum Gasteiger partial charge on any atom is 0.0733 e. The van der Waals surface area contributed by atoms with Gasteiger partial charge in [-0.3, -0.25) is 0 Å². The minimum atomic E-state index is 0.161. The largest absolute Gasteiger partial charge is 0.377 e. The number of nitriles is 1. The van der Waals surface area contributed by atoms with E-state index in [2.05, 4.69) is 19.9 Å². The highest BCUT2D eigenvalue weighted by atomic mass is 16.5. The van der Waals surface area contributed by atoms with E-state index in [1.54, 1.807) is 0 Å². The van der Waals surface area contributed by atoms with Gasteiger partial charge in [0.15, 0.2) is 0 Å². The molecule has 0 saturated heterocycles. The summed E-state index contributed by atoms with van der Waals surface area (Å²) < 4.78 is 5.73. The average Bonchev–Trinajstić information content (AvgIpc) is 2.59. The molecular weight excluding hydrogens is 174 g/mol. The summed E-state index contributed by atoms with van der Waals surface area (Å²) in [6, 6.07) is 2.34. The average molecular weight is 195 g/mol. The third-order valence-electron chi connectivity index (χ3n) is 2.88. The Morgan fingerprint density at radius 3 is 2.86 bits per heavy atom. The van der Waals surface area contributed by atoms with Crippen LogP contribution >= 0.6 is 0 Å². The van der Waals surface area contributed by atoms with Crippen LogP contribution in [0.1, 0.15) is 46.0 Å². The number of hydrogen-bond acceptors (Lipinski definition) is 2. The highest BCUT2D eigenvalue weighted by Gasteiger charge is 2.27. The van der Waals surface area contributed by atoms with E-state index in [0.29, 0.717) is 0 Å². The second-order valence-corrected chi connectivity index (χ2v) is 4.61. The van der Waals surface area contributed by atoms with E-state index in [0.717, 1.165) is 38.2 Å². The molecule has 0 aliphatic heterocycles. The van der Waals surface area contributed by atoms with Gasteiger partial charge in [-0.25, -0.2) is 0 Å². The lowest BCUT2D eigenvalue weighted by Gasteiger charge is -2.14. The Kier molecular flexibility index (Phi) is 4.97. The molecule has 0 aromatic heterocycles. The van der Waals surface area contributed by atoms with Gasteiger partial charge < -0.3 is 4.74 Å². The molecule has 1 rings (SSSR count). The zero-order chi connectivity index (χ0) is 10.4. The monoisotopic (exact) mass is 195 g/mol. The third-order valence-corrected chi connectivity index (χ3v) is 2.88. The summed E-state index contributed by atoms with van der Waals surface area (Å²) in [6.45, 7) is 5.29. The zero-order valence-corrected chi connectivity index (χ0v) is 9.33. The molecule has 1 fully saturated rings. The fourth-order valence-electron chi connectivity index (χ4n) is 2.00. The van der Waals surface area contributed by atoms with Crippen molar-refractivity contribution in [2.45, 2.75) is 52.1 Å². The van der Waals surface area contributed by atoms with Crippen LogP contribution in [0, 0.1) is 23.2 Å². The van der Waals surface area contributed by atoms with Crippen molar-refractivity contribution in [2.24, 2.45) is 11.8 Å². The lowest BCUT2D eigenvalue weighted by Crippen LogP contribution is -2.17. The van der Waals surface area contributed by atoms with Crippen LogP contribution in [0.25, 0.3) is 0 Å². The molecule has 1 aliphatic rings. The Morgan fingerprint density at radius 1 is 1.43 bits per heavy atom. The number of rotatable bonds is 5. The Morgan fingerprint density at radius 2 is 2.21 bits per heavy atom. The Hall–Kier alpha value is -0.550. The first-order valence-electron chi connectivity index (χ1n) is 5.75. The fraction of sp³-hybridized carbons (Fsp3) is 0.917. The highest BCUT2D eigenvalue weighted by Crippen LogP contribution is 2.27. The van der Waals surface area contributed by atoms with Crippen LogP contribution in [0.5, 0.6) is 0 Å². The van der Waals surface area contributed by atoms with E-state index in [-0.39, 0.29) is 12.0 Å². The van der Waals surface area contributed by atoms with Crippen LogP contribution in [0.15, 0.2) is 0 Å². The van der Waals surface area contributed by atoms with Crippen molar-refractivity contribution in [3.8, 4) is 6.07 Å². The van der Waals surface area contributed by atoms with Crippen LogP contribution < -0.4 is 0 Å². The van der Waals surface area contributed by atoms with Gasteiger partial charge in [-0.05, 0) is 38.0 Å². The van der Waals surface area contributed by atoms with Gasteiger partial charge in [-0.1, -0.05) is 13.8 Å². The van der Waals surface area contributed by atoms with Crippen LogP contribution in [-0.4, -0.2) is 12.7 Å². The molecule has 14 heavy (non-hydrogen) atoms. The molecule has 0 N–H and O–H groups in total. The van der Waals surface area contributed by atoms with E-state index < -0.39 is 0 Å². The van der Waals surface area contributed by atoms with E-state index in [1.165, 1.54) is 6.42 Å². The molecule has 2 atom stereocenters. The molecule has 0 heterocycles. The van der Waals surface area contributed by atoms with Crippen LogP contribution in [-0.2, 0) is 4.74 Å². The first kappa shape index (κ1) is 11.5. The van der Waals surface area contributed by atoms with Gasteiger partial charge in [0.2, 0.25) is 0 Å². The number of ether oxygens (including phenoxy) is 1. The van der Waals surface area contributed by atoms with E-state index in [1.807, 2.05) is 0 Å². The molecule has 1 saturated carbocycles. The van der Waals surface area contributed by atoms with Crippen LogP contribution in [0.2, 0.25) is 0 Å². The molecule has 0 aromatic carbocycles. The maximum atomic E-state index is 8.85.